The van der Waals surface area contributed by atoms with Crippen LogP contribution in [-0.4, -0.2) is 171 Å². The second-order valence-corrected chi connectivity index (χ2v) is 9.00. The van der Waals surface area contributed by atoms with E-state index in [0.29, 0.717) is 152 Å². The minimum absolute atomic E-state index is 0.229. The molecule has 14 heteroatoms. The lowest BCUT2D eigenvalue weighted by Crippen LogP contribution is -2.15. The van der Waals surface area contributed by atoms with Gasteiger partial charge in [-0.15, -0.1) is 0 Å². The van der Waals surface area contributed by atoms with Crippen LogP contribution in [0.1, 0.15) is 20.8 Å². The van der Waals surface area contributed by atoms with Gasteiger partial charge in [0, 0.05) is 6.92 Å². The molecule has 0 N–H and O–H groups in total. The van der Waals surface area contributed by atoms with Gasteiger partial charge in [-0.05, 0) is 13.8 Å². The molecular formula is C29H58O14. The van der Waals surface area contributed by atoms with Crippen LogP contribution in [-0.2, 0) is 66.4 Å². The summed E-state index contributed by atoms with van der Waals surface area (Å²) in [7, 11) is 0. The third-order valence-corrected chi connectivity index (χ3v) is 4.93. The molecule has 0 saturated carbocycles. The molecule has 0 fully saturated rings. The van der Waals surface area contributed by atoms with E-state index < -0.39 is 0 Å². The molecule has 0 aliphatic carbocycles. The second kappa shape index (κ2) is 37.2. The summed E-state index contributed by atoms with van der Waals surface area (Å²) in [5.74, 6) is -0.311. The standard InChI is InChI=1S/C29H58O14/c1-28(2)42-26-24-40-22-20-38-18-16-36-14-12-34-10-8-32-6-4-31-5-7-33-9-11-35-13-15-37-17-19-39-21-23-41-25-27-43-29(3)30/h28H,4-27H2,1-3H3. The van der Waals surface area contributed by atoms with Crippen LogP contribution in [0.25, 0.3) is 0 Å². The van der Waals surface area contributed by atoms with Crippen molar-refractivity contribution < 1.29 is 66.4 Å². The molecule has 0 aromatic heterocycles. The van der Waals surface area contributed by atoms with Crippen LogP contribution in [0.3, 0.4) is 0 Å². The zero-order valence-corrected chi connectivity index (χ0v) is 26.8. The first-order chi connectivity index (χ1) is 21.1. The summed E-state index contributed by atoms with van der Waals surface area (Å²) in [4.78, 5) is 10.6. The molecule has 0 bridgehead atoms. The zero-order valence-electron chi connectivity index (χ0n) is 26.8. The van der Waals surface area contributed by atoms with Gasteiger partial charge in [-0.1, -0.05) is 0 Å². The molecule has 14 nitrogen and oxygen atoms in total. The number of esters is 1. The summed E-state index contributed by atoms with van der Waals surface area (Å²) in [5, 5.41) is 0. The minimum atomic E-state index is -0.311. The lowest BCUT2D eigenvalue weighted by molar-refractivity contribution is -0.142. The van der Waals surface area contributed by atoms with E-state index in [1.807, 2.05) is 13.8 Å². The van der Waals surface area contributed by atoms with Gasteiger partial charge < -0.3 is 61.6 Å². The van der Waals surface area contributed by atoms with Crippen LogP contribution in [0.15, 0.2) is 0 Å². The van der Waals surface area contributed by atoms with Gasteiger partial charge in [0.15, 0.2) is 0 Å². The number of ether oxygens (including phenoxy) is 13. The fraction of sp³-hybridized carbons (Fsp3) is 0.966. The number of hydrogen-bond donors (Lipinski definition) is 0. The summed E-state index contributed by atoms with van der Waals surface area (Å²) >= 11 is 0. The normalized spacial score (nSPS) is 11.5. The van der Waals surface area contributed by atoms with Crippen molar-refractivity contribution >= 4 is 5.97 Å². The number of hydrogen-bond acceptors (Lipinski definition) is 14. The van der Waals surface area contributed by atoms with Gasteiger partial charge in [0.05, 0.1) is 158 Å². The van der Waals surface area contributed by atoms with Crippen LogP contribution in [0.4, 0.5) is 0 Å². The van der Waals surface area contributed by atoms with E-state index >= 15 is 0 Å². The summed E-state index contributed by atoms with van der Waals surface area (Å²) in [6.45, 7) is 17.2. The van der Waals surface area contributed by atoms with Crippen molar-refractivity contribution in [3.05, 3.63) is 0 Å². The van der Waals surface area contributed by atoms with Gasteiger partial charge in [0.1, 0.15) is 6.61 Å². The SMILES string of the molecule is CC(=O)OCCOCCOCCOCCOCCOCCOCCOCCOCCOCCOCCOCCOC(C)C. The highest BCUT2D eigenvalue weighted by atomic mass is 16.6. The Bertz CT molecular complexity index is 541. The maximum atomic E-state index is 10.6. The van der Waals surface area contributed by atoms with Gasteiger partial charge in [-0.3, -0.25) is 4.79 Å². The van der Waals surface area contributed by atoms with Gasteiger partial charge in [-0.25, -0.2) is 0 Å². The monoisotopic (exact) mass is 630 g/mol. The molecule has 0 rings (SSSR count). The first-order valence-corrected chi connectivity index (χ1v) is 15.2. The molecular weight excluding hydrogens is 572 g/mol. The quantitative estimate of drug-likeness (QED) is 0.0717. The summed E-state index contributed by atoms with van der Waals surface area (Å²) in [6.07, 6.45) is 0.229. The Morgan fingerprint density at radius 1 is 0.349 bits per heavy atom. The third kappa shape index (κ3) is 41.0. The fourth-order valence-corrected chi connectivity index (χ4v) is 2.89. The molecule has 0 aliphatic rings. The van der Waals surface area contributed by atoms with Gasteiger partial charge >= 0.3 is 5.97 Å². The highest BCUT2D eigenvalue weighted by Gasteiger charge is 1.97. The number of carbonyl (C=O) groups excluding carboxylic acids is 1. The molecule has 0 aromatic carbocycles. The van der Waals surface area contributed by atoms with Crippen LogP contribution >= 0.6 is 0 Å². The van der Waals surface area contributed by atoms with Gasteiger partial charge in [0.2, 0.25) is 0 Å². The lowest BCUT2D eigenvalue weighted by atomic mass is 10.5. The maximum absolute atomic E-state index is 10.6. The molecule has 0 aromatic rings. The van der Waals surface area contributed by atoms with E-state index in [2.05, 4.69) is 0 Å². The smallest absolute Gasteiger partial charge is 0.302 e. The fourth-order valence-electron chi connectivity index (χ4n) is 2.89. The van der Waals surface area contributed by atoms with Crippen molar-refractivity contribution in [2.75, 3.05) is 159 Å². The summed E-state index contributed by atoms with van der Waals surface area (Å²) in [6, 6.07) is 0. The minimum Gasteiger partial charge on any atom is -0.463 e. The van der Waals surface area contributed by atoms with Crippen LogP contribution in [0.2, 0.25) is 0 Å². The molecule has 43 heavy (non-hydrogen) atoms. The van der Waals surface area contributed by atoms with Crippen molar-refractivity contribution in [3.8, 4) is 0 Å². The predicted molar refractivity (Wildman–Crippen MR) is 157 cm³/mol. The van der Waals surface area contributed by atoms with E-state index in [4.69, 9.17) is 61.6 Å². The number of rotatable bonds is 37. The topological polar surface area (TPSA) is 137 Å². The highest BCUT2D eigenvalue weighted by Crippen LogP contribution is 1.89. The summed E-state index contributed by atoms with van der Waals surface area (Å²) < 4.78 is 69.8. The molecule has 0 aliphatic heterocycles. The Morgan fingerprint density at radius 3 is 0.721 bits per heavy atom. The average Bonchev–Trinajstić information content (AvgIpc) is 2.98. The molecule has 0 heterocycles. The Kier molecular flexibility index (Phi) is 36.3. The Morgan fingerprint density at radius 2 is 0.535 bits per heavy atom. The molecule has 0 unspecified atom stereocenters. The van der Waals surface area contributed by atoms with Crippen molar-refractivity contribution in [2.24, 2.45) is 0 Å². The Labute approximate surface area is 258 Å². The van der Waals surface area contributed by atoms with Crippen LogP contribution in [0.5, 0.6) is 0 Å². The first-order valence-electron chi connectivity index (χ1n) is 15.2. The predicted octanol–water partition coefficient (Wildman–Crippen LogP) is 1.16. The lowest BCUT2D eigenvalue weighted by Gasteiger charge is -2.09. The molecule has 0 saturated heterocycles. The van der Waals surface area contributed by atoms with Crippen molar-refractivity contribution in [2.45, 2.75) is 26.9 Å². The van der Waals surface area contributed by atoms with E-state index in [1.165, 1.54) is 6.92 Å². The maximum Gasteiger partial charge on any atom is 0.302 e. The molecule has 258 valence electrons. The van der Waals surface area contributed by atoms with Gasteiger partial charge in [-0.2, -0.15) is 0 Å². The van der Waals surface area contributed by atoms with Crippen molar-refractivity contribution in [1.82, 2.24) is 0 Å². The summed E-state index contributed by atoms with van der Waals surface area (Å²) in [5.41, 5.74) is 0. The molecule has 0 amide bonds. The first kappa shape index (κ1) is 42.0. The largest absolute Gasteiger partial charge is 0.463 e. The Hall–Kier alpha value is -1.01. The molecule has 0 spiro atoms. The highest BCUT2D eigenvalue weighted by molar-refractivity contribution is 5.65. The third-order valence-electron chi connectivity index (χ3n) is 4.93. The van der Waals surface area contributed by atoms with E-state index in [-0.39, 0.29) is 18.7 Å². The Balaban J connectivity index is 3.04. The van der Waals surface area contributed by atoms with E-state index in [9.17, 15) is 4.79 Å². The molecule has 0 atom stereocenters. The zero-order chi connectivity index (χ0) is 31.3. The van der Waals surface area contributed by atoms with Crippen molar-refractivity contribution in [1.29, 1.82) is 0 Å². The van der Waals surface area contributed by atoms with E-state index in [1.54, 1.807) is 0 Å². The molecule has 0 radical (unpaired) electrons. The average molecular weight is 631 g/mol. The number of carbonyl (C=O) groups is 1. The van der Waals surface area contributed by atoms with Crippen LogP contribution < -0.4 is 0 Å². The second-order valence-electron chi connectivity index (χ2n) is 9.00. The van der Waals surface area contributed by atoms with Gasteiger partial charge in [0.25, 0.3) is 0 Å². The van der Waals surface area contributed by atoms with E-state index in [0.717, 1.165) is 0 Å². The van der Waals surface area contributed by atoms with Crippen molar-refractivity contribution in [3.63, 3.8) is 0 Å². The van der Waals surface area contributed by atoms with Crippen LogP contribution in [0, 0.1) is 0 Å².